The molecule has 1 saturated heterocycles. The summed E-state index contributed by atoms with van der Waals surface area (Å²) in [6.07, 6.45) is 24.5. The van der Waals surface area contributed by atoms with Gasteiger partial charge >= 0.3 is 5.97 Å². The third kappa shape index (κ3) is 13.5. The SMILES string of the molecule is CCCN1CCC(CCC2CCC(C(=O)CCC(=O)Oc3c(C)c(C)c4c(c3C)CCC(CCCC(C)CCCC(C)CCCC(C)C)N4)C2)CC1. The van der Waals surface area contributed by atoms with Gasteiger partial charge in [0.05, 0.1) is 6.42 Å². The summed E-state index contributed by atoms with van der Waals surface area (Å²) in [6, 6.07) is 0.511. The number of likely N-dealkylation sites (tertiary alicyclic amines) is 1. The first kappa shape index (κ1) is 42.9. The van der Waals surface area contributed by atoms with Crippen molar-refractivity contribution in [1.29, 1.82) is 0 Å². The van der Waals surface area contributed by atoms with E-state index in [0.29, 0.717) is 18.4 Å². The van der Waals surface area contributed by atoms with Crippen LogP contribution in [0.5, 0.6) is 5.75 Å². The van der Waals surface area contributed by atoms with Crippen LogP contribution in [0.1, 0.15) is 185 Å². The number of piperidine rings is 1. The van der Waals surface area contributed by atoms with Crippen LogP contribution in [-0.4, -0.2) is 42.3 Å². The van der Waals surface area contributed by atoms with Gasteiger partial charge in [-0.3, -0.25) is 9.59 Å². The van der Waals surface area contributed by atoms with Gasteiger partial charge in [0.15, 0.2) is 0 Å². The van der Waals surface area contributed by atoms with Crippen molar-refractivity contribution in [2.75, 3.05) is 25.0 Å². The van der Waals surface area contributed by atoms with Crippen LogP contribution in [0.4, 0.5) is 5.69 Å². The lowest BCUT2D eigenvalue weighted by Crippen LogP contribution is -2.34. The second-order valence-electron chi connectivity index (χ2n) is 18.5. The molecular weight excluding hydrogens is 641 g/mol. The number of nitrogens with zero attached hydrogens (tertiary/aromatic N) is 1. The third-order valence-corrected chi connectivity index (χ3v) is 13.6. The first-order valence-corrected chi connectivity index (χ1v) is 22.3. The summed E-state index contributed by atoms with van der Waals surface area (Å²) in [5.74, 6) is 4.93. The molecular formula is C47H80N2O3. The molecule has 2 aliphatic heterocycles. The highest BCUT2D eigenvalue weighted by atomic mass is 16.5. The fourth-order valence-electron chi connectivity index (χ4n) is 9.86. The predicted molar refractivity (Wildman–Crippen MR) is 220 cm³/mol. The van der Waals surface area contributed by atoms with E-state index in [1.165, 1.54) is 133 Å². The number of ketones is 1. The summed E-state index contributed by atoms with van der Waals surface area (Å²) < 4.78 is 6.06. The van der Waals surface area contributed by atoms with Gasteiger partial charge in [-0.25, -0.2) is 0 Å². The van der Waals surface area contributed by atoms with Crippen LogP contribution in [0.25, 0.3) is 0 Å². The number of rotatable bonds is 22. The molecule has 0 aromatic heterocycles. The number of fused-ring (bicyclic) bond motifs is 1. The van der Waals surface area contributed by atoms with Gasteiger partial charge < -0.3 is 15.0 Å². The first-order chi connectivity index (χ1) is 24.9. The zero-order valence-corrected chi connectivity index (χ0v) is 35.2. The summed E-state index contributed by atoms with van der Waals surface area (Å²) in [5, 5.41) is 3.91. The third-order valence-electron chi connectivity index (χ3n) is 13.6. The molecule has 1 aliphatic carbocycles. The molecule has 1 saturated carbocycles. The first-order valence-electron chi connectivity index (χ1n) is 22.3. The monoisotopic (exact) mass is 721 g/mol. The van der Waals surface area contributed by atoms with Crippen molar-refractivity contribution in [3.05, 3.63) is 22.3 Å². The quantitative estimate of drug-likeness (QED) is 0.0954. The Morgan fingerprint density at radius 2 is 1.40 bits per heavy atom. The van der Waals surface area contributed by atoms with Crippen molar-refractivity contribution in [2.24, 2.45) is 35.5 Å². The summed E-state index contributed by atoms with van der Waals surface area (Å²) in [7, 11) is 0. The highest BCUT2D eigenvalue weighted by Gasteiger charge is 2.31. The highest BCUT2D eigenvalue weighted by molar-refractivity contribution is 5.86. The van der Waals surface area contributed by atoms with E-state index in [4.69, 9.17) is 4.74 Å². The number of nitrogens with one attached hydrogen (secondary N) is 1. The topological polar surface area (TPSA) is 58.6 Å². The molecule has 5 heteroatoms. The maximum Gasteiger partial charge on any atom is 0.311 e. The number of benzene rings is 1. The Kier molecular flexibility index (Phi) is 18.0. The van der Waals surface area contributed by atoms with Crippen LogP contribution in [-0.2, 0) is 16.0 Å². The largest absolute Gasteiger partial charge is 0.426 e. The van der Waals surface area contributed by atoms with E-state index >= 15 is 0 Å². The van der Waals surface area contributed by atoms with Crippen molar-refractivity contribution in [3.63, 3.8) is 0 Å². The summed E-state index contributed by atoms with van der Waals surface area (Å²) in [5.41, 5.74) is 5.90. The van der Waals surface area contributed by atoms with Gasteiger partial charge in [0.2, 0.25) is 0 Å². The Balaban J connectivity index is 1.15. The fourth-order valence-corrected chi connectivity index (χ4v) is 9.86. The van der Waals surface area contributed by atoms with Crippen molar-refractivity contribution in [1.82, 2.24) is 4.90 Å². The van der Waals surface area contributed by atoms with Crippen LogP contribution < -0.4 is 10.1 Å². The standard InChI is InChI=1S/C47H80N2O3/c1-9-29-49-30-27-39(28-31-49)19-20-40-21-22-41(32-40)44(50)25-26-45(51)52-47-37(7)36(6)46-43(38(47)8)24-23-42(48-46)18-12-17-35(5)16-11-15-34(4)14-10-13-33(2)3/h33-35,39-42,48H,9-32H2,1-8H3. The molecule has 5 unspecified atom stereocenters. The number of carbonyl (C=O) groups excluding carboxylic acids is 2. The molecule has 5 nitrogen and oxygen atoms in total. The molecule has 2 fully saturated rings. The molecule has 5 atom stereocenters. The minimum atomic E-state index is -0.265. The van der Waals surface area contributed by atoms with Crippen molar-refractivity contribution >= 4 is 17.4 Å². The van der Waals surface area contributed by atoms with Crippen LogP contribution >= 0.6 is 0 Å². The lowest BCUT2D eigenvalue weighted by atomic mass is 9.86. The number of anilines is 1. The molecule has 2 heterocycles. The van der Waals surface area contributed by atoms with Gasteiger partial charge in [-0.1, -0.05) is 98.8 Å². The van der Waals surface area contributed by atoms with Crippen LogP contribution in [0.3, 0.4) is 0 Å². The Labute approximate surface area is 320 Å². The van der Waals surface area contributed by atoms with Crippen molar-refractivity contribution < 1.29 is 14.3 Å². The maximum absolute atomic E-state index is 13.2. The van der Waals surface area contributed by atoms with E-state index in [2.05, 4.69) is 65.6 Å². The van der Waals surface area contributed by atoms with Gasteiger partial charge in [-0.2, -0.15) is 0 Å². The fraction of sp³-hybridized carbons (Fsp3) is 0.830. The van der Waals surface area contributed by atoms with E-state index in [1.807, 2.05) is 0 Å². The highest BCUT2D eigenvalue weighted by Crippen LogP contribution is 2.41. The Hall–Kier alpha value is -1.88. The second-order valence-corrected chi connectivity index (χ2v) is 18.5. The number of carbonyl (C=O) groups is 2. The molecule has 3 aliphatic rings. The summed E-state index contributed by atoms with van der Waals surface area (Å²) in [4.78, 5) is 28.9. The number of ether oxygens (including phenoxy) is 1. The van der Waals surface area contributed by atoms with Crippen LogP contribution in [0, 0.1) is 56.3 Å². The maximum atomic E-state index is 13.2. The molecule has 4 rings (SSSR count). The zero-order chi connectivity index (χ0) is 37.6. The molecule has 52 heavy (non-hydrogen) atoms. The Bertz CT molecular complexity index is 1250. The average molecular weight is 721 g/mol. The molecule has 0 radical (unpaired) electrons. The minimum Gasteiger partial charge on any atom is -0.426 e. The summed E-state index contributed by atoms with van der Waals surface area (Å²) >= 11 is 0. The van der Waals surface area contributed by atoms with Crippen molar-refractivity contribution in [3.8, 4) is 5.75 Å². The Morgan fingerprint density at radius 3 is 2.08 bits per heavy atom. The van der Waals surface area contributed by atoms with Crippen LogP contribution in [0.15, 0.2) is 0 Å². The van der Waals surface area contributed by atoms with E-state index in [9.17, 15) is 9.59 Å². The smallest absolute Gasteiger partial charge is 0.311 e. The average Bonchev–Trinajstić information content (AvgIpc) is 3.60. The van der Waals surface area contributed by atoms with E-state index in [-0.39, 0.29) is 24.1 Å². The molecule has 1 aromatic carbocycles. The number of hydrogen-bond donors (Lipinski definition) is 1. The van der Waals surface area contributed by atoms with Gasteiger partial charge in [-0.15, -0.1) is 0 Å². The molecule has 1 N–H and O–H groups in total. The molecule has 0 bridgehead atoms. The van der Waals surface area contributed by atoms with Gasteiger partial charge in [0.25, 0.3) is 0 Å². The second kappa shape index (κ2) is 21.9. The predicted octanol–water partition coefficient (Wildman–Crippen LogP) is 12.4. The molecule has 0 amide bonds. The van der Waals surface area contributed by atoms with E-state index < -0.39 is 0 Å². The van der Waals surface area contributed by atoms with Gasteiger partial charge in [0.1, 0.15) is 11.5 Å². The van der Waals surface area contributed by atoms with E-state index in [1.54, 1.807) is 0 Å². The van der Waals surface area contributed by atoms with Crippen LogP contribution in [0.2, 0.25) is 0 Å². The molecule has 296 valence electrons. The summed E-state index contributed by atoms with van der Waals surface area (Å²) in [6.45, 7) is 22.0. The lowest BCUT2D eigenvalue weighted by Gasteiger charge is -2.32. The lowest BCUT2D eigenvalue weighted by molar-refractivity contribution is -0.136. The number of Topliss-reactive ketones (excluding diaryl/α,β-unsaturated/α-hetero) is 1. The molecule has 1 aromatic rings. The zero-order valence-electron chi connectivity index (χ0n) is 35.2. The van der Waals surface area contributed by atoms with Crippen molar-refractivity contribution in [2.45, 2.75) is 196 Å². The number of hydrogen-bond acceptors (Lipinski definition) is 5. The molecule has 0 spiro atoms. The minimum absolute atomic E-state index is 0.138. The van der Waals surface area contributed by atoms with Gasteiger partial charge in [-0.05, 0) is 150 Å². The number of esters is 1. The normalized spacial score (nSPS) is 22.3. The van der Waals surface area contributed by atoms with Gasteiger partial charge in [0, 0.05) is 24.1 Å². The van der Waals surface area contributed by atoms with E-state index in [0.717, 1.165) is 66.2 Å². The Morgan fingerprint density at radius 1 is 0.750 bits per heavy atom.